The number of benzene rings is 1. The molecule has 2 atom stereocenters. The second kappa shape index (κ2) is 7.63. The van der Waals surface area contributed by atoms with Gasteiger partial charge in [-0.1, -0.05) is 26.8 Å². The van der Waals surface area contributed by atoms with Crippen molar-refractivity contribution in [1.29, 1.82) is 0 Å². The molecular formula is C17H29FN2. The van der Waals surface area contributed by atoms with E-state index in [2.05, 4.69) is 39.9 Å². The lowest BCUT2D eigenvalue weighted by atomic mass is 10.0. The minimum Gasteiger partial charge on any atom is -0.370 e. The van der Waals surface area contributed by atoms with Crippen LogP contribution in [0.3, 0.4) is 0 Å². The fourth-order valence-electron chi connectivity index (χ4n) is 2.58. The van der Waals surface area contributed by atoms with Gasteiger partial charge in [0.05, 0.1) is 5.69 Å². The predicted octanol–water partition coefficient (Wildman–Crippen LogP) is 4.37. The Morgan fingerprint density at radius 3 is 2.35 bits per heavy atom. The van der Waals surface area contributed by atoms with Gasteiger partial charge in [-0.3, -0.25) is 0 Å². The van der Waals surface area contributed by atoms with Crippen molar-refractivity contribution in [3.05, 3.63) is 29.6 Å². The Bertz CT molecular complexity index is 417. The topological polar surface area (TPSA) is 15.3 Å². The largest absolute Gasteiger partial charge is 0.370 e. The summed E-state index contributed by atoms with van der Waals surface area (Å²) < 4.78 is 14.3. The summed E-state index contributed by atoms with van der Waals surface area (Å²) >= 11 is 0. The van der Waals surface area contributed by atoms with E-state index >= 15 is 0 Å². The molecule has 1 aromatic rings. The number of nitrogens with zero attached hydrogens (tertiary/aromatic N) is 1. The van der Waals surface area contributed by atoms with Crippen molar-refractivity contribution in [2.45, 2.75) is 53.1 Å². The Labute approximate surface area is 123 Å². The average molecular weight is 280 g/mol. The first-order chi connectivity index (χ1) is 9.36. The van der Waals surface area contributed by atoms with Crippen LogP contribution in [0.25, 0.3) is 0 Å². The highest BCUT2D eigenvalue weighted by molar-refractivity contribution is 5.49. The highest BCUT2D eigenvalue weighted by Gasteiger charge is 2.16. The van der Waals surface area contributed by atoms with Gasteiger partial charge in [-0.05, 0) is 50.4 Å². The van der Waals surface area contributed by atoms with Gasteiger partial charge in [0, 0.05) is 19.1 Å². The third-order valence-corrected chi connectivity index (χ3v) is 3.84. The molecule has 0 bridgehead atoms. The summed E-state index contributed by atoms with van der Waals surface area (Å²) in [6.07, 6.45) is 1.06. The molecular weight excluding hydrogens is 251 g/mol. The lowest BCUT2D eigenvalue weighted by molar-refractivity contribution is 0.497. The molecule has 2 unspecified atom stereocenters. The molecule has 0 aliphatic heterocycles. The molecule has 3 heteroatoms. The van der Waals surface area contributed by atoms with Crippen molar-refractivity contribution in [3.63, 3.8) is 0 Å². The second-order valence-corrected chi connectivity index (χ2v) is 6.08. The summed E-state index contributed by atoms with van der Waals surface area (Å²) in [4.78, 5) is 2.04. The Balaban J connectivity index is 2.87. The highest BCUT2D eigenvalue weighted by atomic mass is 19.1. The number of anilines is 1. The highest BCUT2D eigenvalue weighted by Crippen LogP contribution is 2.25. The maximum Gasteiger partial charge on any atom is 0.146 e. The molecule has 0 aromatic heterocycles. The number of hydrogen-bond donors (Lipinski definition) is 1. The van der Waals surface area contributed by atoms with E-state index in [9.17, 15) is 4.39 Å². The van der Waals surface area contributed by atoms with Gasteiger partial charge in [0.2, 0.25) is 0 Å². The summed E-state index contributed by atoms with van der Waals surface area (Å²) in [7, 11) is 1.97. The Morgan fingerprint density at radius 1 is 1.20 bits per heavy atom. The third-order valence-electron chi connectivity index (χ3n) is 3.84. The first-order valence-electron chi connectivity index (χ1n) is 7.62. The maximum absolute atomic E-state index is 14.3. The molecule has 114 valence electrons. The SMILES string of the molecule is CCNC(C)c1ccc(N(C)C(C)CC(C)C)c(F)c1. The minimum atomic E-state index is -0.134. The molecule has 1 N–H and O–H groups in total. The minimum absolute atomic E-state index is 0.134. The van der Waals surface area contributed by atoms with Crippen molar-refractivity contribution < 1.29 is 4.39 Å². The van der Waals surface area contributed by atoms with Gasteiger partial charge in [-0.25, -0.2) is 4.39 Å². The van der Waals surface area contributed by atoms with Crippen LogP contribution in [-0.4, -0.2) is 19.6 Å². The normalized spacial score (nSPS) is 14.4. The van der Waals surface area contributed by atoms with Crippen LogP contribution in [0.15, 0.2) is 18.2 Å². The zero-order valence-corrected chi connectivity index (χ0v) is 13.7. The summed E-state index contributed by atoms with van der Waals surface area (Å²) in [5.74, 6) is 0.480. The van der Waals surface area contributed by atoms with Crippen molar-refractivity contribution in [3.8, 4) is 0 Å². The zero-order valence-electron chi connectivity index (χ0n) is 13.7. The summed E-state index contributed by atoms with van der Waals surface area (Å²) in [6, 6.07) is 6.09. The lowest BCUT2D eigenvalue weighted by Crippen LogP contribution is -2.30. The molecule has 1 aromatic carbocycles. The molecule has 0 aliphatic rings. The van der Waals surface area contributed by atoms with Crippen LogP contribution in [0.4, 0.5) is 10.1 Å². The van der Waals surface area contributed by atoms with Gasteiger partial charge in [0.25, 0.3) is 0 Å². The summed E-state index contributed by atoms with van der Waals surface area (Å²) in [5, 5.41) is 3.31. The van der Waals surface area contributed by atoms with E-state index in [1.165, 1.54) is 0 Å². The molecule has 0 fully saturated rings. The average Bonchev–Trinajstić information content (AvgIpc) is 2.37. The van der Waals surface area contributed by atoms with Gasteiger partial charge in [0.15, 0.2) is 0 Å². The van der Waals surface area contributed by atoms with E-state index in [1.54, 1.807) is 6.07 Å². The fourth-order valence-corrected chi connectivity index (χ4v) is 2.58. The first kappa shape index (κ1) is 17.0. The number of halogens is 1. The van der Waals surface area contributed by atoms with E-state index < -0.39 is 0 Å². The molecule has 1 rings (SSSR count). The van der Waals surface area contributed by atoms with Crippen molar-refractivity contribution >= 4 is 5.69 Å². The summed E-state index contributed by atoms with van der Waals surface area (Å²) in [5.41, 5.74) is 1.68. The van der Waals surface area contributed by atoms with Crippen LogP contribution in [0.5, 0.6) is 0 Å². The van der Waals surface area contributed by atoms with Crippen molar-refractivity contribution in [2.75, 3.05) is 18.5 Å². The maximum atomic E-state index is 14.3. The Morgan fingerprint density at radius 2 is 1.85 bits per heavy atom. The monoisotopic (exact) mass is 280 g/mol. The molecule has 2 nitrogen and oxygen atoms in total. The van der Waals surface area contributed by atoms with Gasteiger partial charge in [0.1, 0.15) is 5.82 Å². The fraction of sp³-hybridized carbons (Fsp3) is 0.647. The predicted molar refractivity (Wildman–Crippen MR) is 85.8 cm³/mol. The van der Waals surface area contributed by atoms with Crippen molar-refractivity contribution in [1.82, 2.24) is 5.32 Å². The molecule has 0 saturated heterocycles. The molecule has 20 heavy (non-hydrogen) atoms. The Kier molecular flexibility index (Phi) is 6.47. The zero-order chi connectivity index (χ0) is 15.3. The van der Waals surface area contributed by atoms with E-state index in [1.807, 2.05) is 24.1 Å². The van der Waals surface area contributed by atoms with Gasteiger partial charge >= 0.3 is 0 Å². The van der Waals surface area contributed by atoms with Crippen LogP contribution in [0.1, 0.15) is 52.6 Å². The molecule has 0 aliphatic carbocycles. The lowest BCUT2D eigenvalue weighted by Gasteiger charge is -2.29. The molecule has 0 heterocycles. The smallest absolute Gasteiger partial charge is 0.146 e. The second-order valence-electron chi connectivity index (χ2n) is 6.08. The van der Waals surface area contributed by atoms with Gasteiger partial charge in [-0.2, -0.15) is 0 Å². The van der Waals surface area contributed by atoms with Crippen LogP contribution in [0.2, 0.25) is 0 Å². The number of hydrogen-bond acceptors (Lipinski definition) is 2. The van der Waals surface area contributed by atoms with Crippen LogP contribution >= 0.6 is 0 Å². The number of nitrogens with one attached hydrogen (secondary N) is 1. The molecule has 0 saturated carbocycles. The first-order valence-corrected chi connectivity index (χ1v) is 7.62. The van der Waals surface area contributed by atoms with Gasteiger partial charge in [-0.15, -0.1) is 0 Å². The van der Waals surface area contributed by atoms with Gasteiger partial charge < -0.3 is 10.2 Å². The summed E-state index contributed by atoms with van der Waals surface area (Å²) in [6.45, 7) is 11.5. The Hall–Kier alpha value is -1.09. The van der Waals surface area contributed by atoms with E-state index in [0.29, 0.717) is 17.6 Å². The van der Waals surface area contributed by atoms with E-state index in [0.717, 1.165) is 18.5 Å². The van der Waals surface area contributed by atoms with Crippen LogP contribution in [-0.2, 0) is 0 Å². The number of rotatable bonds is 7. The van der Waals surface area contributed by atoms with Crippen LogP contribution in [0, 0.1) is 11.7 Å². The quantitative estimate of drug-likeness (QED) is 0.798. The van der Waals surface area contributed by atoms with Crippen LogP contribution < -0.4 is 10.2 Å². The molecule has 0 radical (unpaired) electrons. The third kappa shape index (κ3) is 4.48. The van der Waals surface area contributed by atoms with E-state index in [-0.39, 0.29) is 11.9 Å². The van der Waals surface area contributed by atoms with Crippen molar-refractivity contribution in [2.24, 2.45) is 5.92 Å². The molecule has 0 spiro atoms. The molecule has 0 amide bonds. The van der Waals surface area contributed by atoms with E-state index in [4.69, 9.17) is 0 Å². The standard InChI is InChI=1S/C17H29FN2/c1-7-19-14(5)15-8-9-17(16(18)11-15)20(6)13(4)10-12(2)3/h8-9,11-14,19H,7,10H2,1-6H3.